The number of carbonyl (C=O) groups is 1. The average Bonchev–Trinajstić information content (AvgIpc) is 3.24. The van der Waals surface area contributed by atoms with Crippen molar-refractivity contribution in [2.75, 3.05) is 19.6 Å². The predicted molar refractivity (Wildman–Crippen MR) is 133 cm³/mol. The molecule has 0 aliphatic carbocycles. The minimum absolute atomic E-state index is 0.0601. The first-order chi connectivity index (χ1) is 14.1. The summed E-state index contributed by atoms with van der Waals surface area (Å²) in [7, 11) is 0. The molecule has 2 unspecified atom stereocenters. The van der Waals surface area contributed by atoms with Gasteiger partial charge in [0.25, 0.3) is 0 Å². The molecule has 5 heteroatoms. The summed E-state index contributed by atoms with van der Waals surface area (Å²) >= 11 is 0. The van der Waals surface area contributed by atoms with Crippen LogP contribution in [-0.2, 0) is 0 Å². The molecular weight excluding hydrogens is 360 g/mol. The van der Waals surface area contributed by atoms with Crippen LogP contribution in [0.4, 0.5) is 4.79 Å². The Balaban J connectivity index is -0.000000203. The number of fused-ring (bicyclic) bond motifs is 1. The van der Waals surface area contributed by atoms with Gasteiger partial charge in [0.05, 0.1) is 5.82 Å². The number of urea groups is 1. The lowest BCUT2D eigenvalue weighted by molar-refractivity contribution is 0.143. The highest BCUT2D eigenvalue weighted by Gasteiger charge is 2.51. The molecule has 29 heavy (non-hydrogen) atoms. The third kappa shape index (κ3) is 10.8. The summed E-state index contributed by atoms with van der Waals surface area (Å²) in [5.41, 5.74) is 0. The standard InChI is InChI=1S/C11H20N4O.C5H12.4C2H6/c1-5-13-8(4)12-9-10(13)15(7-3)11(16)14(9)6-2;1-3-5-4-2;4*1-2/h9-10,12H,4-7H2,1-3H3;3-5H2,1-2H3;4*1-2H3. The fraction of sp³-hybridized carbons (Fsp3) is 0.875. The summed E-state index contributed by atoms with van der Waals surface area (Å²) < 4.78 is 0. The van der Waals surface area contributed by atoms with Crippen LogP contribution in [0.5, 0.6) is 0 Å². The monoisotopic (exact) mass is 416 g/mol. The Morgan fingerprint density at radius 2 is 1.10 bits per heavy atom. The molecule has 2 aliphatic heterocycles. The maximum absolute atomic E-state index is 12.1. The summed E-state index contributed by atoms with van der Waals surface area (Å²) in [6, 6.07) is 0.124. The number of carbonyl (C=O) groups excluding carboxylic acids is 1. The van der Waals surface area contributed by atoms with Gasteiger partial charge in [-0.3, -0.25) is 0 Å². The fourth-order valence-electron chi connectivity index (χ4n) is 3.02. The number of likely N-dealkylation sites (N-methyl/N-ethyl adjacent to an activating group) is 3. The Kier molecular flexibility index (Phi) is 29.8. The molecule has 0 aromatic rings. The van der Waals surface area contributed by atoms with Crippen molar-refractivity contribution in [1.82, 2.24) is 20.0 Å². The van der Waals surface area contributed by atoms with Crippen LogP contribution in [0.2, 0.25) is 0 Å². The van der Waals surface area contributed by atoms with Gasteiger partial charge in [0.1, 0.15) is 12.3 Å². The van der Waals surface area contributed by atoms with E-state index in [4.69, 9.17) is 0 Å². The largest absolute Gasteiger partial charge is 0.349 e. The first kappa shape index (κ1) is 35.1. The van der Waals surface area contributed by atoms with Gasteiger partial charge >= 0.3 is 6.03 Å². The summed E-state index contributed by atoms with van der Waals surface area (Å²) in [5.74, 6) is 0.918. The zero-order valence-electron chi connectivity index (χ0n) is 22.4. The molecule has 2 aliphatic rings. The van der Waals surface area contributed by atoms with Crippen LogP contribution in [0.3, 0.4) is 0 Å². The number of hydrogen-bond donors (Lipinski definition) is 1. The summed E-state index contributed by atoms with van der Waals surface area (Å²) in [5, 5.41) is 3.31. The molecule has 2 saturated heterocycles. The Morgan fingerprint density at radius 3 is 1.38 bits per heavy atom. The number of hydrogen-bond acceptors (Lipinski definition) is 3. The summed E-state index contributed by atoms with van der Waals surface area (Å²) in [4.78, 5) is 18.0. The second-order valence-electron chi connectivity index (χ2n) is 5.44. The van der Waals surface area contributed by atoms with Crippen LogP contribution in [0.25, 0.3) is 0 Å². The molecule has 0 aromatic heterocycles. The predicted octanol–water partition coefficient (Wildman–Crippen LogP) is 7.11. The normalized spacial score (nSPS) is 18.2. The van der Waals surface area contributed by atoms with Gasteiger partial charge in [-0.05, 0) is 20.8 Å². The molecule has 0 spiro atoms. The van der Waals surface area contributed by atoms with Gasteiger partial charge in [0, 0.05) is 19.6 Å². The Hall–Kier alpha value is -1.39. The van der Waals surface area contributed by atoms with Crippen LogP contribution in [-0.4, -0.2) is 52.7 Å². The highest BCUT2D eigenvalue weighted by molar-refractivity contribution is 5.78. The van der Waals surface area contributed by atoms with Crippen LogP contribution in [0, 0.1) is 0 Å². The van der Waals surface area contributed by atoms with Gasteiger partial charge in [-0.15, -0.1) is 0 Å². The Labute approximate surface area is 184 Å². The van der Waals surface area contributed by atoms with Crippen molar-refractivity contribution >= 4 is 6.03 Å². The van der Waals surface area contributed by atoms with E-state index in [0.29, 0.717) is 0 Å². The number of unbranched alkanes of at least 4 members (excludes halogenated alkanes) is 2. The molecule has 2 atom stereocenters. The molecule has 2 amide bonds. The molecule has 0 bridgehead atoms. The average molecular weight is 417 g/mol. The number of nitrogens with one attached hydrogen (secondary N) is 1. The molecule has 0 saturated carbocycles. The second kappa shape index (κ2) is 24.6. The molecule has 2 fully saturated rings. The fourth-order valence-corrected chi connectivity index (χ4v) is 3.02. The SMILES string of the molecule is C=C1NC2C(N1CC)N(CC)C(=O)N2CC.CC.CC.CC.CC.CCCCC. The van der Waals surface area contributed by atoms with Crippen molar-refractivity contribution in [2.24, 2.45) is 0 Å². The van der Waals surface area contributed by atoms with Crippen molar-refractivity contribution in [2.45, 2.75) is 122 Å². The highest BCUT2D eigenvalue weighted by atomic mass is 16.2. The van der Waals surface area contributed by atoms with E-state index in [9.17, 15) is 4.79 Å². The zero-order chi connectivity index (χ0) is 24.0. The van der Waals surface area contributed by atoms with Gasteiger partial charge < -0.3 is 20.0 Å². The van der Waals surface area contributed by atoms with Gasteiger partial charge in [-0.1, -0.05) is 95.1 Å². The number of rotatable bonds is 5. The van der Waals surface area contributed by atoms with Gasteiger partial charge in [-0.2, -0.15) is 0 Å². The van der Waals surface area contributed by atoms with E-state index in [-0.39, 0.29) is 18.4 Å². The maximum Gasteiger partial charge on any atom is 0.323 e. The van der Waals surface area contributed by atoms with Gasteiger partial charge in [0.15, 0.2) is 0 Å². The van der Waals surface area contributed by atoms with E-state index >= 15 is 0 Å². The van der Waals surface area contributed by atoms with Crippen molar-refractivity contribution in [3.05, 3.63) is 12.4 Å². The van der Waals surface area contributed by atoms with Crippen LogP contribution in [0.15, 0.2) is 12.4 Å². The van der Waals surface area contributed by atoms with Gasteiger partial charge in [0.2, 0.25) is 0 Å². The lowest BCUT2D eigenvalue weighted by Crippen LogP contribution is -2.45. The van der Waals surface area contributed by atoms with E-state index in [1.807, 2.05) is 79.0 Å². The minimum Gasteiger partial charge on any atom is -0.349 e. The maximum atomic E-state index is 12.1. The third-order valence-electron chi connectivity index (χ3n) is 4.14. The van der Waals surface area contributed by atoms with E-state index in [2.05, 4.69) is 37.6 Å². The van der Waals surface area contributed by atoms with Crippen molar-refractivity contribution in [3.8, 4) is 0 Å². The summed E-state index contributed by atoms with van der Waals surface area (Å²) in [6.45, 7) is 32.9. The molecule has 1 N–H and O–H groups in total. The molecule has 5 nitrogen and oxygen atoms in total. The molecule has 2 rings (SSSR count). The number of amides is 2. The quantitative estimate of drug-likeness (QED) is 0.519. The van der Waals surface area contributed by atoms with E-state index in [1.54, 1.807) is 0 Å². The van der Waals surface area contributed by atoms with E-state index in [1.165, 1.54) is 19.3 Å². The minimum atomic E-state index is 0.0601. The Morgan fingerprint density at radius 1 is 0.724 bits per heavy atom. The zero-order valence-corrected chi connectivity index (χ0v) is 22.4. The highest BCUT2D eigenvalue weighted by Crippen LogP contribution is 2.30. The van der Waals surface area contributed by atoms with Crippen LogP contribution in [0.1, 0.15) is 109 Å². The summed E-state index contributed by atoms with van der Waals surface area (Å²) in [6.07, 6.45) is 4.24. The van der Waals surface area contributed by atoms with E-state index < -0.39 is 0 Å². The van der Waals surface area contributed by atoms with Crippen molar-refractivity contribution in [3.63, 3.8) is 0 Å². The topological polar surface area (TPSA) is 38.8 Å². The lowest BCUT2D eigenvalue weighted by atomic mass is 10.3. The molecule has 178 valence electrons. The van der Waals surface area contributed by atoms with Crippen molar-refractivity contribution < 1.29 is 4.79 Å². The number of nitrogens with zero attached hydrogens (tertiary/aromatic N) is 3. The third-order valence-corrected chi connectivity index (χ3v) is 4.14. The molecule has 0 radical (unpaired) electrons. The second-order valence-corrected chi connectivity index (χ2v) is 5.44. The van der Waals surface area contributed by atoms with Gasteiger partial charge in [-0.25, -0.2) is 4.79 Å². The smallest absolute Gasteiger partial charge is 0.323 e. The van der Waals surface area contributed by atoms with Crippen LogP contribution >= 0.6 is 0 Å². The first-order valence-electron chi connectivity index (χ1n) is 12.4. The van der Waals surface area contributed by atoms with Crippen molar-refractivity contribution in [1.29, 1.82) is 0 Å². The first-order valence-corrected chi connectivity index (χ1v) is 12.4. The Bertz CT molecular complexity index is 357. The lowest BCUT2D eigenvalue weighted by Gasteiger charge is -2.29. The molecular formula is C24H56N4O. The van der Waals surface area contributed by atoms with E-state index in [0.717, 1.165) is 25.5 Å². The molecule has 0 aromatic carbocycles. The van der Waals surface area contributed by atoms with Crippen LogP contribution < -0.4 is 5.32 Å². The molecule has 2 heterocycles.